The predicted molar refractivity (Wildman–Crippen MR) is 87.2 cm³/mol. The van der Waals surface area contributed by atoms with Gasteiger partial charge in [-0.2, -0.15) is 0 Å². The Labute approximate surface area is 134 Å². The minimum atomic E-state index is -0.993. The molecule has 0 bridgehead atoms. The SMILES string of the molecule is C=CCOC(=O)NCc1ccc(C(=O)O)cc1-c1ccccc1. The van der Waals surface area contributed by atoms with Crippen molar-refractivity contribution in [3.8, 4) is 11.1 Å². The summed E-state index contributed by atoms with van der Waals surface area (Å²) in [7, 11) is 0. The number of carboxylic acids is 1. The molecule has 2 rings (SSSR count). The van der Waals surface area contributed by atoms with E-state index in [4.69, 9.17) is 9.84 Å². The molecule has 2 aromatic rings. The molecule has 0 aliphatic rings. The van der Waals surface area contributed by atoms with Crippen LogP contribution in [0.2, 0.25) is 0 Å². The number of aromatic carboxylic acids is 1. The lowest BCUT2D eigenvalue weighted by Gasteiger charge is -2.12. The number of carbonyl (C=O) groups excluding carboxylic acids is 1. The highest BCUT2D eigenvalue weighted by Gasteiger charge is 2.11. The number of alkyl carbamates (subject to hydrolysis) is 1. The molecule has 0 saturated carbocycles. The molecule has 2 aromatic carbocycles. The van der Waals surface area contributed by atoms with Crippen molar-refractivity contribution in [2.75, 3.05) is 6.61 Å². The normalized spacial score (nSPS) is 9.91. The molecule has 0 heterocycles. The molecule has 0 spiro atoms. The van der Waals surface area contributed by atoms with Crippen molar-refractivity contribution in [1.82, 2.24) is 5.32 Å². The van der Waals surface area contributed by atoms with Crippen LogP contribution in [0.4, 0.5) is 4.79 Å². The second kappa shape index (κ2) is 7.79. The van der Waals surface area contributed by atoms with Gasteiger partial charge in [0.25, 0.3) is 0 Å². The average Bonchev–Trinajstić information content (AvgIpc) is 2.58. The van der Waals surface area contributed by atoms with E-state index in [2.05, 4.69) is 11.9 Å². The summed E-state index contributed by atoms with van der Waals surface area (Å²) in [6, 6.07) is 14.2. The fourth-order valence-electron chi connectivity index (χ4n) is 2.10. The Morgan fingerprint density at radius 3 is 2.57 bits per heavy atom. The summed E-state index contributed by atoms with van der Waals surface area (Å²) in [6.07, 6.45) is 0.933. The molecule has 0 unspecified atom stereocenters. The quantitative estimate of drug-likeness (QED) is 0.801. The van der Waals surface area contributed by atoms with Crippen molar-refractivity contribution >= 4 is 12.1 Å². The molecule has 2 N–H and O–H groups in total. The Bertz CT molecular complexity index is 710. The number of nitrogens with one attached hydrogen (secondary N) is 1. The topological polar surface area (TPSA) is 75.6 Å². The molecule has 118 valence electrons. The van der Waals surface area contributed by atoms with E-state index in [0.29, 0.717) is 0 Å². The summed E-state index contributed by atoms with van der Waals surface area (Å²) < 4.78 is 4.86. The van der Waals surface area contributed by atoms with Gasteiger partial charge >= 0.3 is 12.1 Å². The summed E-state index contributed by atoms with van der Waals surface area (Å²) in [6.45, 7) is 3.84. The first-order valence-electron chi connectivity index (χ1n) is 7.05. The van der Waals surface area contributed by atoms with Gasteiger partial charge in [-0.3, -0.25) is 0 Å². The number of rotatable bonds is 6. The third-order valence-electron chi connectivity index (χ3n) is 3.20. The molecule has 0 aliphatic carbocycles. The maximum atomic E-state index is 11.5. The molecule has 5 nitrogen and oxygen atoms in total. The average molecular weight is 311 g/mol. The van der Waals surface area contributed by atoms with Gasteiger partial charge in [-0.25, -0.2) is 9.59 Å². The number of benzene rings is 2. The van der Waals surface area contributed by atoms with Crippen LogP contribution in [0.5, 0.6) is 0 Å². The third kappa shape index (κ3) is 4.44. The lowest BCUT2D eigenvalue weighted by Crippen LogP contribution is -2.24. The van der Waals surface area contributed by atoms with Crippen molar-refractivity contribution < 1.29 is 19.4 Å². The first-order valence-corrected chi connectivity index (χ1v) is 7.05. The van der Waals surface area contributed by atoms with Crippen molar-refractivity contribution in [2.45, 2.75) is 6.54 Å². The van der Waals surface area contributed by atoms with Crippen LogP contribution >= 0.6 is 0 Å². The van der Waals surface area contributed by atoms with E-state index in [9.17, 15) is 9.59 Å². The van der Waals surface area contributed by atoms with Crippen LogP contribution in [-0.2, 0) is 11.3 Å². The Kier molecular flexibility index (Phi) is 5.52. The largest absolute Gasteiger partial charge is 0.478 e. The van der Waals surface area contributed by atoms with E-state index in [1.807, 2.05) is 30.3 Å². The molecule has 0 aromatic heterocycles. The molecule has 0 atom stereocenters. The lowest BCUT2D eigenvalue weighted by atomic mass is 9.97. The minimum absolute atomic E-state index is 0.134. The predicted octanol–water partition coefficient (Wildman–Crippen LogP) is 3.46. The zero-order valence-corrected chi connectivity index (χ0v) is 12.5. The van der Waals surface area contributed by atoms with E-state index in [0.717, 1.165) is 16.7 Å². The highest BCUT2D eigenvalue weighted by atomic mass is 16.5. The van der Waals surface area contributed by atoms with E-state index >= 15 is 0 Å². The lowest BCUT2D eigenvalue weighted by molar-refractivity contribution is 0.0697. The van der Waals surface area contributed by atoms with E-state index in [-0.39, 0.29) is 18.7 Å². The fourth-order valence-corrected chi connectivity index (χ4v) is 2.10. The standard InChI is InChI=1S/C18H17NO4/c1-2-10-23-18(22)19-12-15-9-8-14(17(20)21)11-16(15)13-6-4-3-5-7-13/h2-9,11H,1,10,12H2,(H,19,22)(H,20,21). The van der Waals surface area contributed by atoms with Gasteiger partial charge in [0, 0.05) is 6.54 Å². The molecule has 23 heavy (non-hydrogen) atoms. The number of carbonyl (C=O) groups is 2. The summed E-state index contributed by atoms with van der Waals surface area (Å²) in [5.74, 6) is -0.993. The monoisotopic (exact) mass is 311 g/mol. The van der Waals surface area contributed by atoms with Gasteiger partial charge in [0.1, 0.15) is 6.61 Å². The fraction of sp³-hybridized carbons (Fsp3) is 0.111. The van der Waals surface area contributed by atoms with Crippen LogP contribution < -0.4 is 5.32 Å². The Morgan fingerprint density at radius 2 is 1.91 bits per heavy atom. The Balaban J connectivity index is 2.26. The number of hydrogen-bond donors (Lipinski definition) is 2. The highest BCUT2D eigenvalue weighted by Crippen LogP contribution is 2.25. The van der Waals surface area contributed by atoms with E-state index in [1.54, 1.807) is 12.1 Å². The molecule has 0 fully saturated rings. The van der Waals surface area contributed by atoms with Gasteiger partial charge in [-0.15, -0.1) is 0 Å². The third-order valence-corrected chi connectivity index (χ3v) is 3.20. The van der Waals surface area contributed by atoms with Crippen LogP contribution in [0.1, 0.15) is 15.9 Å². The summed E-state index contributed by atoms with van der Waals surface area (Å²) in [5.41, 5.74) is 2.64. The number of ether oxygens (including phenoxy) is 1. The van der Waals surface area contributed by atoms with E-state index in [1.165, 1.54) is 12.1 Å². The van der Waals surface area contributed by atoms with Crippen LogP contribution in [-0.4, -0.2) is 23.8 Å². The number of hydrogen-bond acceptors (Lipinski definition) is 3. The zero-order chi connectivity index (χ0) is 16.7. The van der Waals surface area contributed by atoms with Crippen LogP contribution in [0.25, 0.3) is 11.1 Å². The van der Waals surface area contributed by atoms with Gasteiger partial charge < -0.3 is 15.2 Å². The summed E-state index contributed by atoms with van der Waals surface area (Å²) in [4.78, 5) is 22.7. The summed E-state index contributed by atoms with van der Waals surface area (Å²) >= 11 is 0. The van der Waals surface area contributed by atoms with Crippen LogP contribution in [0, 0.1) is 0 Å². The van der Waals surface area contributed by atoms with Gasteiger partial charge in [-0.05, 0) is 28.8 Å². The Hall–Kier alpha value is -3.08. The number of amides is 1. The van der Waals surface area contributed by atoms with Crippen molar-refractivity contribution in [2.24, 2.45) is 0 Å². The summed E-state index contributed by atoms with van der Waals surface area (Å²) in [5, 5.41) is 11.8. The maximum Gasteiger partial charge on any atom is 0.407 e. The van der Waals surface area contributed by atoms with Gasteiger partial charge in [-0.1, -0.05) is 49.1 Å². The van der Waals surface area contributed by atoms with Gasteiger partial charge in [0.2, 0.25) is 0 Å². The van der Waals surface area contributed by atoms with Crippen molar-refractivity contribution in [3.63, 3.8) is 0 Å². The molecular weight excluding hydrogens is 294 g/mol. The molecule has 5 heteroatoms. The Morgan fingerprint density at radius 1 is 1.17 bits per heavy atom. The minimum Gasteiger partial charge on any atom is -0.478 e. The first kappa shape index (κ1) is 16.3. The molecule has 0 aliphatic heterocycles. The molecule has 0 saturated heterocycles. The van der Waals surface area contributed by atoms with Crippen LogP contribution in [0.15, 0.2) is 61.2 Å². The smallest absolute Gasteiger partial charge is 0.407 e. The van der Waals surface area contributed by atoms with Gasteiger partial charge in [0.15, 0.2) is 0 Å². The van der Waals surface area contributed by atoms with Gasteiger partial charge in [0.05, 0.1) is 5.56 Å². The van der Waals surface area contributed by atoms with Crippen molar-refractivity contribution in [1.29, 1.82) is 0 Å². The van der Waals surface area contributed by atoms with Crippen LogP contribution in [0.3, 0.4) is 0 Å². The first-order chi connectivity index (χ1) is 11.1. The van der Waals surface area contributed by atoms with Crippen molar-refractivity contribution in [3.05, 3.63) is 72.3 Å². The number of carboxylic acid groups (broad SMARTS) is 1. The molecule has 1 amide bonds. The highest BCUT2D eigenvalue weighted by molar-refractivity contribution is 5.90. The second-order valence-electron chi connectivity index (χ2n) is 4.78. The zero-order valence-electron chi connectivity index (χ0n) is 12.5. The van der Waals surface area contributed by atoms with E-state index < -0.39 is 12.1 Å². The maximum absolute atomic E-state index is 11.5. The molecule has 0 radical (unpaired) electrons. The second-order valence-corrected chi connectivity index (χ2v) is 4.78. The molecular formula is C18H17NO4.